The van der Waals surface area contributed by atoms with E-state index < -0.39 is 7.52 Å². The van der Waals surface area contributed by atoms with Crippen molar-refractivity contribution in [2.24, 2.45) is 5.92 Å². The third-order valence-electron chi connectivity index (χ3n) is 3.71. The first kappa shape index (κ1) is 16.2. The van der Waals surface area contributed by atoms with Crippen LogP contribution in [-0.4, -0.2) is 32.9 Å². The van der Waals surface area contributed by atoms with Crippen molar-refractivity contribution < 1.29 is 9.09 Å². The number of hydrogen-bond donors (Lipinski definition) is 2. The Morgan fingerprint density at radius 2 is 2.06 bits per heavy atom. The predicted molar refractivity (Wildman–Crippen MR) is 77.2 cm³/mol. The van der Waals surface area contributed by atoms with Gasteiger partial charge < -0.3 is 9.84 Å². The van der Waals surface area contributed by atoms with E-state index in [1.54, 1.807) is 7.11 Å². The second-order valence-electron chi connectivity index (χ2n) is 5.24. The molecule has 0 aromatic rings. The molecule has 18 heavy (non-hydrogen) atoms. The fourth-order valence-corrected chi connectivity index (χ4v) is 3.81. The van der Waals surface area contributed by atoms with Gasteiger partial charge in [0.05, 0.1) is 0 Å². The molecule has 0 heterocycles. The normalized spacial score (nSPS) is 20.6. The van der Waals surface area contributed by atoms with Gasteiger partial charge >= 0.3 is 0 Å². The van der Waals surface area contributed by atoms with Crippen molar-refractivity contribution in [1.29, 1.82) is 0 Å². The fraction of sp³-hybridized carbons (Fsp3) is 1.00. The molecule has 1 saturated carbocycles. The smallest absolute Gasteiger partial charge is 0.269 e. The van der Waals surface area contributed by atoms with E-state index in [4.69, 9.17) is 4.52 Å². The fourth-order valence-electron chi connectivity index (χ4n) is 2.22. The lowest BCUT2D eigenvalue weighted by atomic mass is 10.2. The van der Waals surface area contributed by atoms with Gasteiger partial charge in [-0.15, -0.1) is 0 Å². The summed E-state index contributed by atoms with van der Waals surface area (Å²) in [6.45, 7) is 2.93. The Hall–Kier alpha value is 0.110. The molecule has 0 spiro atoms. The van der Waals surface area contributed by atoms with Crippen LogP contribution in [0.25, 0.3) is 0 Å². The molecule has 0 saturated heterocycles. The van der Waals surface area contributed by atoms with Crippen molar-refractivity contribution in [3.63, 3.8) is 0 Å². The Kier molecular flexibility index (Phi) is 7.47. The van der Waals surface area contributed by atoms with E-state index in [0.717, 1.165) is 25.3 Å². The number of unbranched alkanes of at least 4 members (excludes halogenated alkanes) is 3. The highest BCUT2D eigenvalue weighted by atomic mass is 31.2. The van der Waals surface area contributed by atoms with Gasteiger partial charge in [-0.3, -0.25) is 4.57 Å². The Balaban J connectivity index is 2.27. The Morgan fingerprint density at radius 1 is 1.33 bits per heavy atom. The molecule has 0 aliphatic heterocycles. The zero-order chi connectivity index (χ0) is 13.4. The number of hydrogen-bond acceptors (Lipinski definition) is 3. The van der Waals surface area contributed by atoms with Gasteiger partial charge in [-0.25, -0.2) is 5.09 Å². The lowest BCUT2D eigenvalue weighted by Gasteiger charge is -2.22. The van der Waals surface area contributed by atoms with Gasteiger partial charge in [0.15, 0.2) is 0 Å². The molecule has 2 N–H and O–H groups in total. The lowest BCUT2D eigenvalue weighted by molar-refractivity contribution is 0.373. The van der Waals surface area contributed by atoms with Crippen molar-refractivity contribution >= 4 is 7.52 Å². The third kappa shape index (κ3) is 5.83. The highest BCUT2D eigenvalue weighted by molar-refractivity contribution is 7.56. The van der Waals surface area contributed by atoms with Crippen molar-refractivity contribution in [3.05, 3.63) is 0 Å². The molecule has 0 aromatic heterocycles. The standard InChI is InChI=1S/C13H29N2O2P/c1-4-5-6-7-10-18(16,17-3)15-11-13(14-2)12-8-9-12/h12-14H,4-11H2,1-3H3,(H,15,16). The van der Waals surface area contributed by atoms with E-state index >= 15 is 0 Å². The average Bonchev–Trinajstić information content (AvgIpc) is 3.20. The first-order valence-corrected chi connectivity index (χ1v) is 9.03. The molecule has 5 heteroatoms. The maximum atomic E-state index is 12.4. The van der Waals surface area contributed by atoms with Gasteiger partial charge in [-0.05, 0) is 32.2 Å². The first-order chi connectivity index (χ1) is 8.65. The van der Waals surface area contributed by atoms with Crippen molar-refractivity contribution in [2.45, 2.75) is 51.5 Å². The van der Waals surface area contributed by atoms with Crippen molar-refractivity contribution in [3.8, 4) is 0 Å². The van der Waals surface area contributed by atoms with Crippen LogP contribution in [-0.2, 0) is 9.09 Å². The first-order valence-electron chi connectivity index (χ1n) is 7.22. The topological polar surface area (TPSA) is 50.4 Å². The summed E-state index contributed by atoms with van der Waals surface area (Å²) >= 11 is 0. The van der Waals surface area contributed by atoms with Crippen molar-refractivity contribution in [1.82, 2.24) is 10.4 Å². The molecule has 0 radical (unpaired) electrons. The highest BCUT2D eigenvalue weighted by Gasteiger charge is 2.31. The summed E-state index contributed by atoms with van der Waals surface area (Å²) in [5.74, 6) is 0.757. The van der Waals surface area contributed by atoms with Gasteiger partial charge in [0.1, 0.15) is 0 Å². The van der Waals surface area contributed by atoms with Crippen LogP contribution in [0.5, 0.6) is 0 Å². The molecule has 1 aliphatic rings. The summed E-state index contributed by atoms with van der Waals surface area (Å²) in [7, 11) is 0.921. The Morgan fingerprint density at radius 3 is 2.56 bits per heavy atom. The molecule has 1 aliphatic carbocycles. The van der Waals surface area contributed by atoms with E-state index in [9.17, 15) is 4.57 Å². The van der Waals surface area contributed by atoms with E-state index in [0.29, 0.717) is 12.2 Å². The van der Waals surface area contributed by atoms with Crippen LogP contribution in [0.2, 0.25) is 0 Å². The molecule has 2 unspecified atom stereocenters. The summed E-state index contributed by atoms with van der Waals surface area (Å²) in [4.78, 5) is 0. The Labute approximate surface area is 112 Å². The number of likely N-dealkylation sites (N-methyl/N-ethyl adjacent to an activating group) is 1. The number of nitrogens with one attached hydrogen (secondary N) is 2. The van der Waals surface area contributed by atoms with E-state index in [1.165, 1.54) is 25.7 Å². The monoisotopic (exact) mass is 276 g/mol. The minimum absolute atomic E-state index is 0.434. The lowest BCUT2D eigenvalue weighted by Crippen LogP contribution is -2.37. The zero-order valence-corrected chi connectivity index (χ0v) is 13.0. The van der Waals surface area contributed by atoms with Crippen LogP contribution in [0.3, 0.4) is 0 Å². The second-order valence-corrected chi connectivity index (χ2v) is 7.71. The van der Waals surface area contributed by atoms with Gasteiger partial charge in [-0.1, -0.05) is 26.2 Å². The van der Waals surface area contributed by atoms with Crippen LogP contribution in [0.15, 0.2) is 0 Å². The van der Waals surface area contributed by atoms with Crippen LogP contribution in [0, 0.1) is 5.92 Å². The van der Waals surface area contributed by atoms with Gasteiger partial charge in [0.25, 0.3) is 7.52 Å². The predicted octanol–water partition coefficient (Wildman–Crippen LogP) is 2.99. The largest absolute Gasteiger partial charge is 0.321 e. The summed E-state index contributed by atoms with van der Waals surface area (Å²) in [5.41, 5.74) is 0. The summed E-state index contributed by atoms with van der Waals surface area (Å²) in [6, 6.07) is 0.434. The average molecular weight is 276 g/mol. The van der Waals surface area contributed by atoms with Gasteiger partial charge in [0, 0.05) is 25.9 Å². The Bertz CT molecular complexity index is 270. The number of rotatable bonds is 11. The van der Waals surface area contributed by atoms with E-state index in [2.05, 4.69) is 17.3 Å². The highest BCUT2D eigenvalue weighted by Crippen LogP contribution is 2.43. The molecule has 4 nitrogen and oxygen atoms in total. The molecule has 0 bridgehead atoms. The molecule has 2 atom stereocenters. The van der Waals surface area contributed by atoms with Crippen LogP contribution < -0.4 is 10.4 Å². The summed E-state index contributed by atoms with van der Waals surface area (Å²) in [6.07, 6.45) is 7.79. The quantitative estimate of drug-likeness (QED) is 0.450. The molecular weight excluding hydrogens is 247 g/mol. The maximum Gasteiger partial charge on any atom is 0.269 e. The van der Waals surface area contributed by atoms with Gasteiger partial charge in [-0.2, -0.15) is 0 Å². The van der Waals surface area contributed by atoms with Crippen LogP contribution in [0.1, 0.15) is 45.4 Å². The molecule has 108 valence electrons. The third-order valence-corrected chi connectivity index (χ3v) is 5.87. The van der Waals surface area contributed by atoms with E-state index in [-0.39, 0.29) is 0 Å². The second kappa shape index (κ2) is 8.31. The maximum absolute atomic E-state index is 12.4. The summed E-state index contributed by atoms with van der Waals surface area (Å²) in [5, 5.41) is 6.46. The molecule has 1 rings (SSSR count). The minimum atomic E-state index is -2.61. The minimum Gasteiger partial charge on any atom is -0.321 e. The summed E-state index contributed by atoms with van der Waals surface area (Å²) < 4.78 is 17.7. The molecular formula is C13H29N2O2P. The molecule has 0 amide bonds. The van der Waals surface area contributed by atoms with Crippen molar-refractivity contribution in [2.75, 3.05) is 26.9 Å². The van der Waals surface area contributed by atoms with E-state index in [1.807, 2.05) is 7.05 Å². The van der Waals surface area contributed by atoms with Crippen LogP contribution >= 0.6 is 7.52 Å². The zero-order valence-electron chi connectivity index (χ0n) is 12.1. The molecule has 0 aromatic carbocycles. The molecule has 1 fully saturated rings. The van der Waals surface area contributed by atoms with Crippen LogP contribution in [0.4, 0.5) is 0 Å². The van der Waals surface area contributed by atoms with Gasteiger partial charge in [0.2, 0.25) is 0 Å². The SMILES string of the molecule is CCCCCCP(=O)(NCC(NC)C1CC1)OC.